The highest BCUT2D eigenvalue weighted by molar-refractivity contribution is 5.89. The van der Waals surface area contributed by atoms with Gasteiger partial charge in [0.2, 0.25) is 11.8 Å². The van der Waals surface area contributed by atoms with Crippen molar-refractivity contribution in [2.75, 3.05) is 20.8 Å². The maximum absolute atomic E-state index is 16.7. The molecule has 0 radical (unpaired) electrons. The van der Waals surface area contributed by atoms with Crippen LogP contribution in [0.25, 0.3) is 44.5 Å². The van der Waals surface area contributed by atoms with E-state index in [1.54, 1.807) is 29.3 Å². The second kappa shape index (κ2) is 16.2. The summed E-state index contributed by atoms with van der Waals surface area (Å²) in [5, 5.41) is 5.49. The molecule has 2 saturated heterocycles. The van der Waals surface area contributed by atoms with Gasteiger partial charge in [0, 0.05) is 29.3 Å². The van der Waals surface area contributed by atoms with E-state index in [4.69, 9.17) is 19.4 Å². The molecule has 2 aromatic heterocycles. The number of likely N-dealkylation sites (tertiary alicyclic amines) is 2. The van der Waals surface area contributed by atoms with Crippen LogP contribution in [0.1, 0.15) is 108 Å². The fraction of sp³-hybridized carbons (Fsp3) is 0.480. The second-order valence-electron chi connectivity index (χ2n) is 19.6. The lowest BCUT2D eigenvalue weighted by Gasteiger charge is -2.37. The normalized spacial score (nSPS) is 23.2. The Hall–Kier alpha value is -6.32. The van der Waals surface area contributed by atoms with Gasteiger partial charge in [-0.2, -0.15) is 8.78 Å². The Morgan fingerprint density at radius 3 is 2.15 bits per heavy atom. The number of fused-ring (bicyclic) bond motifs is 6. The smallest absolute Gasteiger partial charge is 0.407 e. The summed E-state index contributed by atoms with van der Waals surface area (Å²) in [5.41, 5.74) is 4.69. The maximum atomic E-state index is 16.7. The van der Waals surface area contributed by atoms with Gasteiger partial charge in [-0.3, -0.25) is 9.59 Å². The number of halogens is 2. The van der Waals surface area contributed by atoms with Crippen LogP contribution in [0.2, 0.25) is 0 Å². The number of piperidine rings is 1. The minimum Gasteiger partial charge on any atom is -0.453 e. The zero-order valence-corrected chi connectivity index (χ0v) is 38.0. The third kappa shape index (κ3) is 7.27. The van der Waals surface area contributed by atoms with Gasteiger partial charge >= 0.3 is 12.2 Å². The molecule has 5 aliphatic rings. The van der Waals surface area contributed by atoms with Crippen LogP contribution in [0.15, 0.2) is 60.8 Å². The largest absolute Gasteiger partial charge is 0.453 e. The number of rotatable bonds is 11. The topological polar surface area (TPSA) is 175 Å². The average Bonchev–Trinajstić information content (AvgIpc) is 3.98. The standard InChI is InChI=1S/C50H56F2N8O6/c1-7-26(4)41(58-48(64)66-6)46(62)60-31-12-8-30(18-31)42(60)44-54-36-15-11-28(21-37(36)55-44)27-9-13-32-33-14-10-29(20-35(33)50(51,52)34(32)19-27)38-23-53-43(56-38)39-22-49(16-17-49)24-59(39)45(61)40(25(2)3)57-47(63)65-5/h9-11,13-15,19-21,23,25-26,30-31,39-42H,7-8,12,16-18,22,24H2,1-6H3,(H,53,56)(H,54,55)(H,57,63)(H,58,64)/t26?,30-,31+,39-,40-,41-,42-/m0/s1. The zero-order chi connectivity index (χ0) is 46.4. The molecule has 4 N–H and O–H groups in total. The average molecular weight is 903 g/mol. The number of nitrogens with zero attached hydrogens (tertiary/aromatic N) is 4. The minimum atomic E-state index is -3.29. The molecule has 66 heavy (non-hydrogen) atoms. The fourth-order valence-electron chi connectivity index (χ4n) is 11.2. The first-order valence-corrected chi connectivity index (χ1v) is 23.2. The molecule has 4 heterocycles. The quantitative estimate of drug-likeness (QED) is 0.102. The van der Waals surface area contributed by atoms with Crippen LogP contribution in [-0.4, -0.2) is 92.6 Å². The SMILES string of the molecule is CCC(C)[C@H](NC(=O)OC)C(=O)N1[C@@H]2CC[C@@H](C2)[C@H]1c1nc2ccc(-c3ccc4c(c3)C(F)(F)c3cc(-c5cnc([C@@H]6CC7(CC7)CN6C(=O)[C@@H](NC(=O)OC)C(C)C)[nH]5)ccc3-4)cc2[nH]1. The number of hydrogen-bond acceptors (Lipinski definition) is 8. The number of hydrogen-bond donors (Lipinski definition) is 4. The lowest BCUT2D eigenvalue weighted by atomic mass is 9.94. The molecular weight excluding hydrogens is 847 g/mol. The molecule has 14 nitrogen and oxygen atoms in total. The Morgan fingerprint density at radius 2 is 1.48 bits per heavy atom. The van der Waals surface area contributed by atoms with E-state index in [2.05, 4.69) is 20.6 Å². The predicted octanol–water partition coefficient (Wildman–Crippen LogP) is 9.00. The Kier molecular flexibility index (Phi) is 10.7. The fourth-order valence-corrected chi connectivity index (χ4v) is 11.2. The van der Waals surface area contributed by atoms with Crippen LogP contribution < -0.4 is 10.6 Å². The number of H-pyrrole nitrogens is 2. The third-order valence-electron chi connectivity index (χ3n) is 15.3. The Balaban J connectivity index is 0.896. The van der Waals surface area contributed by atoms with Crippen LogP contribution in [0.3, 0.4) is 0 Å². The number of imidazole rings is 2. The zero-order valence-electron chi connectivity index (χ0n) is 38.0. The van der Waals surface area contributed by atoms with E-state index < -0.39 is 30.2 Å². The highest BCUT2D eigenvalue weighted by Crippen LogP contribution is 2.59. The van der Waals surface area contributed by atoms with Gasteiger partial charge in [0.1, 0.15) is 23.7 Å². The number of alkyl carbamates (subject to hydrolysis) is 2. The van der Waals surface area contributed by atoms with E-state index in [9.17, 15) is 19.2 Å². The lowest BCUT2D eigenvalue weighted by molar-refractivity contribution is -0.139. The summed E-state index contributed by atoms with van der Waals surface area (Å²) in [6, 6.07) is 13.8. The van der Waals surface area contributed by atoms with Crippen LogP contribution in [0.5, 0.6) is 0 Å². The van der Waals surface area contributed by atoms with Crippen molar-refractivity contribution in [2.45, 2.75) is 109 Å². The molecule has 5 aromatic rings. The molecule has 10 rings (SSSR count). The van der Waals surface area contributed by atoms with Gasteiger partial charge < -0.3 is 39.9 Å². The minimum absolute atomic E-state index is 0.00984. The first-order valence-electron chi connectivity index (χ1n) is 23.2. The lowest BCUT2D eigenvalue weighted by Crippen LogP contribution is -2.54. The molecule has 2 saturated carbocycles. The third-order valence-corrected chi connectivity index (χ3v) is 15.3. The molecule has 4 amide bonds. The van der Waals surface area contributed by atoms with E-state index in [1.807, 2.05) is 62.9 Å². The molecular formula is C50H56F2N8O6. The Labute approximate surface area is 381 Å². The van der Waals surface area contributed by atoms with Crippen molar-refractivity contribution in [1.29, 1.82) is 0 Å². The molecule has 3 aromatic carbocycles. The van der Waals surface area contributed by atoms with Gasteiger partial charge in [-0.05, 0) is 108 Å². The van der Waals surface area contributed by atoms with Crippen molar-refractivity contribution in [1.82, 2.24) is 40.4 Å². The number of methoxy groups -OCH3 is 2. The molecule has 346 valence electrons. The van der Waals surface area contributed by atoms with E-state index in [0.717, 1.165) is 49.6 Å². The molecule has 4 fully saturated rings. The maximum Gasteiger partial charge on any atom is 0.407 e. The highest BCUT2D eigenvalue weighted by Gasteiger charge is 2.56. The number of aromatic amines is 2. The number of alkyl halides is 2. The van der Waals surface area contributed by atoms with Crippen molar-refractivity contribution in [3.8, 4) is 33.5 Å². The first kappa shape index (κ1) is 43.6. The summed E-state index contributed by atoms with van der Waals surface area (Å²) in [6.45, 7) is 8.24. The summed E-state index contributed by atoms with van der Waals surface area (Å²) in [4.78, 5) is 72.9. The highest BCUT2D eigenvalue weighted by atomic mass is 19.3. The Morgan fingerprint density at radius 1 is 0.833 bits per heavy atom. The van der Waals surface area contributed by atoms with Crippen molar-refractivity contribution in [3.05, 3.63) is 83.6 Å². The monoisotopic (exact) mass is 902 g/mol. The number of carbonyl (C=O) groups is 4. The van der Waals surface area contributed by atoms with Crippen molar-refractivity contribution < 1.29 is 37.4 Å². The number of amides is 4. The van der Waals surface area contributed by atoms with Gasteiger partial charge in [-0.15, -0.1) is 0 Å². The molecule has 2 bridgehead atoms. The molecule has 1 spiro atoms. The van der Waals surface area contributed by atoms with E-state index in [-0.39, 0.29) is 64.2 Å². The van der Waals surface area contributed by atoms with Gasteiger partial charge in [-0.1, -0.05) is 64.4 Å². The molecule has 3 aliphatic carbocycles. The Bertz CT molecular complexity index is 2760. The first-order chi connectivity index (χ1) is 31.6. The summed E-state index contributed by atoms with van der Waals surface area (Å²) < 4.78 is 43.1. The number of carbonyl (C=O) groups excluding carboxylic acids is 4. The van der Waals surface area contributed by atoms with Crippen molar-refractivity contribution in [3.63, 3.8) is 0 Å². The van der Waals surface area contributed by atoms with Gasteiger partial charge in [-0.25, -0.2) is 19.6 Å². The number of aromatic nitrogens is 4. The van der Waals surface area contributed by atoms with E-state index in [0.29, 0.717) is 58.1 Å². The summed E-state index contributed by atoms with van der Waals surface area (Å²) in [7, 11) is 2.55. The van der Waals surface area contributed by atoms with Crippen LogP contribution >= 0.6 is 0 Å². The summed E-state index contributed by atoms with van der Waals surface area (Å²) in [6.07, 6.45) is 6.46. The predicted molar refractivity (Wildman–Crippen MR) is 242 cm³/mol. The van der Waals surface area contributed by atoms with Crippen LogP contribution in [0, 0.1) is 23.2 Å². The van der Waals surface area contributed by atoms with Gasteiger partial charge in [0.15, 0.2) is 0 Å². The van der Waals surface area contributed by atoms with Crippen molar-refractivity contribution >= 4 is 35.0 Å². The molecule has 2 aliphatic heterocycles. The van der Waals surface area contributed by atoms with E-state index in [1.165, 1.54) is 20.3 Å². The van der Waals surface area contributed by atoms with Crippen LogP contribution in [0.4, 0.5) is 18.4 Å². The van der Waals surface area contributed by atoms with Crippen LogP contribution in [-0.2, 0) is 25.0 Å². The number of ether oxygens (including phenoxy) is 2. The molecule has 1 unspecified atom stereocenters. The molecule has 7 atom stereocenters. The van der Waals surface area contributed by atoms with Gasteiger partial charge in [0.05, 0.1) is 49.2 Å². The second-order valence-corrected chi connectivity index (χ2v) is 19.6. The number of nitrogens with one attached hydrogen (secondary N) is 4. The summed E-state index contributed by atoms with van der Waals surface area (Å²) >= 11 is 0. The van der Waals surface area contributed by atoms with Gasteiger partial charge in [0.25, 0.3) is 5.92 Å². The number of benzene rings is 3. The summed E-state index contributed by atoms with van der Waals surface area (Å²) in [5.74, 6) is -2.46. The van der Waals surface area contributed by atoms with E-state index >= 15 is 8.78 Å². The molecule has 16 heteroatoms. The van der Waals surface area contributed by atoms with Crippen molar-refractivity contribution in [2.24, 2.45) is 23.2 Å².